The lowest BCUT2D eigenvalue weighted by molar-refractivity contribution is 0.0774. The maximum atomic E-state index is 12.9. The topological polar surface area (TPSA) is 20.2 Å². The molecule has 2 heteroatoms. The molecular formula is C8H17FO. The van der Waals surface area contributed by atoms with E-state index in [-0.39, 0.29) is 6.61 Å². The van der Waals surface area contributed by atoms with Crippen molar-refractivity contribution in [3.8, 4) is 0 Å². The van der Waals surface area contributed by atoms with Gasteiger partial charge in [-0.15, -0.1) is 0 Å². The van der Waals surface area contributed by atoms with Crippen molar-refractivity contribution in [2.75, 3.05) is 6.61 Å². The van der Waals surface area contributed by atoms with Crippen molar-refractivity contribution in [3.05, 3.63) is 0 Å². The summed E-state index contributed by atoms with van der Waals surface area (Å²) < 4.78 is 12.9. The zero-order valence-corrected chi connectivity index (χ0v) is 6.86. The van der Waals surface area contributed by atoms with Gasteiger partial charge in [0.1, 0.15) is 5.67 Å². The smallest absolute Gasteiger partial charge is 0.131 e. The van der Waals surface area contributed by atoms with E-state index in [0.717, 1.165) is 19.3 Å². The molecule has 0 spiro atoms. The highest BCUT2D eigenvalue weighted by Gasteiger charge is 2.20. The lowest BCUT2D eigenvalue weighted by atomic mass is 10.0. The molecule has 0 heterocycles. The number of hydrogen-bond acceptors (Lipinski definition) is 1. The maximum absolute atomic E-state index is 12.9. The van der Waals surface area contributed by atoms with E-state index in [9.17, 15) is 4.39 Å². The Kier molecular flexibility index (Phi) is 4.62. The van der Waals surface area contributed by atoms with Gasteiger partial charge in [-0.2, -0.15) is 0 Å². The number of unbranched alkanes of at least 4 members (excludes halogenated alkanes) is 2. The molecule has 62 valence electrons. The van der Waals surface area contributed by atoms with Crippen LogP contribution in [0.15, 0.2) is 0 Å². The molecule has 0 amide bonds. The van der Waals surface area contributed by atoms with Crippen LogP contribution in [0.4, 0.5) is 4.39 Å². The van der Waals surface area contributed by atoms with Crippen molar-refractivity contribution >= 4 is 0 Å². The van der Waals surface area contributed by atoms with Crippen molar-refractivity contribution in [2.45, 2.75) is 45.2 Å². The SMILES string of the molecule is CCCCCC(C)(F)CO. The minimum absolute atomic E-state index is 0.350. The average molecular weight is 148 g/mol. The van der Waals surface area contributed by atoms with E-state index >= 15 is 0 Å². The Morgan fingerprint density at radius 3 is 2.40 bits per heavy atom. The minimum atomic E-state index is -1.35. The fourth-order valence-corrected chi connectivity index (χ4v) is 0.823. The molecule has 0 aliphatic carbocycles. The summed E-state index contributed by atoms with van der Waals surface area (Å²) in [4.78, 5) is 0. The molecule has 1 atom stereocenters. The Bertz CT molecular complexity index is 81.3. The summed E-state index contributed by atoms with van der Waals surface area (Å²) in [5.41, 5.74) is -1.35. The van der Waals surface area contributed by atoms with E-state index < -0.39 is 5.67 Å². The van der Waals surface area contributed by atoms with Gasteiger partial charge >= 0.3 is 0 Å². The number of hydrogen-bond donors (Lipinski definition) is 1. The molecule has 0 bridgehead atoms. The highest BCUT2D eigenvalue weighted by Crippen LogP contribution is 2.17. The van der Waals surface area contributed by atoms with Gasteiger partial charge in [0, 0.05) is 0 Å². The standard InChI is InChI=1S/C8H17FO/c1-3-4-5-6-8(2,9)7-10/h10H,3-7H2,1-2H3. The van der Waals surface area contributed by atoms with E-state index in [0.29, 0.717) is 6.42 Å². The third kappa shape index (κ3) is 4.74. The van der Waals surface area contributed by atoms with Crippen LogP contribution >= 0.6 is 0 Å². The summed E-state index contributed by atoms with van der Waals surface area (Å²) in [5, 5.41) is 8.52. The number of aliphatic hydroxyl groups excluding tert-OH is 1. The van der Waals surface area contributed by atoms with E-state index in [1.807, 2.05) is 0 Å². The van der Waals surface area contributed by atoms with E-state index in [1.54, 1.807) is 0 Å². The van der Waals surface area contributed by atoms with Crippen LogP contribution in [0.25, 0.3) is 0 Å². The second-order valence-electron chi connectivity index (χ2n) is 3.03. The molecule has 10 heavy (non-hydrogen) atoms. The van der Waals surface area contributed by atoms with Crippen LogP contribution in [-0.4, -0.2) is 17.4 Å². The normalized spacial score (nSPS) is 16.8. The second-order valence-corrected chi connectivity index (χ2v) is 3.03. The number of halogens is 1. The van der Waals surface area contributed by atoms with E-state index in [4.69, 9.17) is 5.11 Å². The van der Waals surface area contributed by atoms with Crippen LogP contribution < -0.4 is 0 Å². The summed E-state index contributed by atoms with van der Waals surface area (Å²) in [6.45, 7) is 3.17. The molecule has 0 fully saturated rings. The fourth-order valence-electron chi connectivity index (χ4n) is 0.823. The van der Waals surface area contributed by atoms with Crippen molar-refractivity contribution in [1.82, 2.24) is 0 Å². The lowest BCUT2D eigenvalue weighted by Crippen LogP contribution is -2.22. The first-order chi connectivity index (χ1) is 4.62. The average Bonchev–Trinajstić information content (AvgIpc) is 1.89. The van der Waals surface area contributed by atoms with Crippen LogP contribution in [-0.2, 0) is 0 Å². The Hall–Kier alpha value is -0.110. The Morgan fingerprint density at radius 2 is 2.00 bits per heavy atom. The molecule has 0 aromatic carbocycles. The van der Waals surface area contributed by atoms with Crippen molar-refractivity contribution < 1.29 is 9.50 Å². The van der Waals surface area contributed by atoms with E-state index in [1.165, 1.54) is 6.92 Å². The molecule has 0 saturated heterocycles. The van der Waals surface area contributed by atoms with Gasteiger partial charge in [0.05, 0.1) is 6.61 Å². The van der Waals surface area contributed by atoms with Gasteiger partial charge in [-0.1, -0.05) is 26.2 Å². The molecule has 0 aliphatic rings. The molecule has 0 aromatic rings. The van der Waals surface area contributed by atoms with Gasteiger partial charge < -0.3 is 5.11 Å². The van der Waals surface area contributed by atoms with Crippen molar-refractivity contribution in [3.63, 3.8) is 0 Å². The lowest BCUT2D eigenvalue weighted by Gasteiger charge is -2.15. The monoisotopic (exact) mass is 148 g/mol. The second kappa shape index (κ2) is 4.67. The number of rotatable bonds is 5. The first-order valence-electron chi connectivity index (χ1n) is 3.92. The third-order valence-electron chi connectivity index (χ3n) is 1.63. The molecule has 1 nitrogen and oxygen atoms in total. The molecule has 0 rings (SSSR count). The molecule has 0 aliphatic heterocycles. The highest BCUT2D eigenvalue weighted by molar-refractivity contribution is 4.70. The van der Waals surface area contributed by atoms with Crippen molar-refractivity contribution in [1.29, 1.82) is 0 Å². The summed E-state index contributed by atoms with van der Waals surface area (Å²) in [6.07, 6.45) is 3.52. The summed E-state index contributed by atoms with van der Waals surface area (Å²) >= 11 is 0. The number of aliphatic hydroxyl groups is 1. The molecule has 0 radical (unpaired) electrons. The van der Waals surface area contributed by atoms with Crippen LogP contribution in [0, 0.1) is 0 Å². The summed E-state index contributed by atoms with van der Waals surface area (Å²) in [7, 11) is 0. The zero-order chi connectivity index (χ0) is 8.04. The summed E-state index contributed by atoms with van der Waals surface area (Å²) in [6, 6.07) is 0. The summed E-state index contributed by atoms with van der Waals surface area (Å²) in [5.74, 6) is 0. The maximum Gasteiger partial charge on any atom is 0.131 e. The van der Waals surface area contributed by atoms with Gasteiger partial charge in [0.15, 0.2) is 0 Å². The van der Waals surface area contributed by atoms with Crippen LogP contribution in [0.3, 0.4) is 0 Å². The Balaban J connectivity index is 3.28. The van der Waals surface area contributed by atoms with Gasteiger partial charge in [-0.25, -0.2) is 4.39 Å². The quantitative estimate of drug-likeness (QED) is 0.593. The molecule has 1 N–H and O–H groups in total. The first-order valence-corrected chi connectivity index (χ1v) is 3.92. The van der Waals surface area contributed by atoms with Crippen molar-refractivity contribution in [2.24, 2.45) is 0 Å². The van der Waals surface area contributed by atoms with Gasteiger partial charge in [-0.3, -0.25) is 0 Å². The van der Waals surface area contributed by atoms with Crippen LogP contribution in [0.2, 0.25) is 0 Å². The predicted octanol–water partition coefficient (Wildman–Crippen LogP) is 2.29. The Morgan fingerprint density at radius 1 is 1.40 bits per heavy atom. The predicted molar refractivity (Wildman–Crippen MR) is 40.7 cm³/mol. The first kappa shape index (κ1) is 9.89. The fraction of sp³-hybridized carbons (Fsp3) is 1.00. The third-order valence-corrected chi connectivity index (χ3v) is 1.63. The van der Waals surface area contributed by atoms with Gasteiger partial charge in [-0.05, 0) is 13.3 Å². The van der Waals surface area contributed by atoms with Gasteiger partial charge in [0.2, 0.25) is 0 Å². The number of alkyl halides is 1. The van der Waals surface area contributed by atoms with Crippen LogP contribution in [0.5, 0.6) is 0 Å². The highest BCUT2D eigenvalue weighted by atomic mass is 19.1. The molecular weight excluding hydrogens is 131 g/mol. The molecule has 1 unspecified atom stereocenters. The molecule has 0 saturated carbocycles. The van der Waals surface area contributed by atoms with Gasteiger partial charge in [0.25, 0.3) is 0 Å². The molecule has 0 aromatic heterocycles. The minimum Gasteiger partial charge on any atom is -0.393 e. The van der Waals surface area contributed by atoms with E-state index in [2.05, 4.69) is 6.92 Å². The zero-order valence-electron chi connectivity index (χ0n) is 6.86. The van der Waals surface area contributed by atoms with Crippen LogP contribution in [0.1, 0.15) is 39.5 Å². The Labute approximate surface area is 62.3 Å². The largest absolute Gasteiger partial charge is 0.393 e.